The predicted octanol–water partition coefficient (Wildman–Crippen LogP) is 4.92. The number of anilines is 1. The van der Waals surface area contributed by atoms with E-state index in [4.69, 9.17) is 11.6 Å². The topological polar surface area (TPSA) is 46.8 Å². The van der Waals surface area contributed by atoms with Crippen LogP contribution in [0, 0.1) is 12.8 Å². The Balaban J connectivity index is 1.37. The summed E-state index contributed by atoms with van der Waals surface area (Å²) in [6.45, 7) is 4.74. The molecular formula is C23H28ClN5. The third-order valence-electron chi connectivity index (χ3n) is 5.94. The Labute approximate surface area is 177 Å². The molecule has 152 valence electrons. The molecule has 5 nitrogen and oxygen atoms in total. The van der Waals surface area contributed by atoms with Crippen LogP contribution in [0.3, 0.4) is 0 Å². The normalized spacial score (nSPS) is 16.9. The molecule has 0 radical (unpaired) electrons. The summed E-state index contributed by atoms with van der Waals surface area (Å²) in [6, 6.07) is 16.8. The van der Waals surface area contributed by atoms with Gasteiger partial charge in [0.05, 0.1) is 6.54 Å². The maximum Gasteiger partial charge on any atom is 0.245 e. The lowest BCUT2D eigenvalue weighted by Crippen LogP contribution is -2.37. The van der Waals surface area contributed by atoms with E-state index in [1.165, 1.54) is 31.2 Å². The van der Waals surface area contributed by atoms with Crippen LogP contribution in [0.1, 0.15) is 42.4 Å². The first-order valence-corrected chi connectivity index (χ1v) is 10.9. The molecule has 3 aromatic rings. The zero-order chi connectivity index (χ0) is 20.1. The molecular weight excluding hydrogens is 382 g/mol. The van der Waals surface area contributed by atoms with Crippen molar-refractivity contribution in [1.29, 1.82) is 0 Å². The van der Waals surface area contributed by atoms with Crippen molar-refractivity contribution in [3.63, 3.8) is 0 Å². The van der Waals surface area contributed by atoms with Crippen LogP contribution in [-0.2, 0) is 13.0 Å². The Bertz CT molecular complexity index is 924. The summed E-state index contributed by atoms with van der Waals surface area (Å²) in [5, 5.41) is 13.3. The fourth-order valence-corrected chi connectivity index (χ4v) is 4.43. The minimum absolute atomic E-state index is 0.643. The second-order valence-corrected chi connectivity index (χ2v) is 8.40. The number of benzene rings is 2. The second kappa shape index (κ2) is 9.40. The van der Waals surface area contributed by atoms with Gasteiger partial charge in [-0.2, -0.15) is 0 Å². The number of rotatable bonds is 7. The number of nitrogens with zero attached hydrogens (tertiary/aromatic N) is 5. The Hall–Kier alpha value is -2.40. The average molecular weight is 410 g/mol. The maximum absolute atomic E-state index is 6.28. The first-order chi connectivity index (χ1) is 14.2. The quantitative estimate of drug-likeness (QED) is 0.555. The third-order valence-corrected chi connectivity index (χ3v) is 6.34. The van der Waals surface area contributed by atoms with E-state index in [-0.39, 0.29) is 0 Å². The van der Waals surface area contributed by atoms with Gasteiger partial charge in [-0.1, -0.05) is 59.2 Å². The summed E-state index contributed by atoms with van der Waals surface area (Å²) >= 11 is 6.28. The van der Waals surface area contributed by atoms with Crippen LogP contribution < -0.4 is 4.90 Å². The van der Waals surface area contributed by atoms with Gasteiger partial charge in [0.25, 0.3) is 0 Å². The molecule has 0 N–H and O–H groups in total. The number of aromatic nitrogens is 4. The zero-order valence-corrected chi connectivity index (χ0v) is 17.7. The molecule has 1 aliphatic rings. The van der Waals surface area contributed by atoms with E-state index in [0.717, 1.165) is 41.6 Å². The van der Waals surface area contributed by atoms with Gasteiger partial charge >= 0.3 is 0 Å². The molecule has 0 aliphatic carbocycles. The summed E-state index contributed by atoms with van der Waals surface area (Å²) in [7, 11) is 0. The molecule has 0 amide bonds. The van der Waals surface area contributed by atoms with Crippen molar-refractivity contribution in [1.82, 2.24) is 20.2 Å². The molecule has 6 heteroatoms. The number of tetrazole rings is 1. The number of hydrogen-bond acceptors (Lipinski definition) is 4. The van der Waals surface area contributed by atoms with Crippen molar-refractivity contribution in [2.24, 2.45) is 5.92 Å². The lowest BCUT2D eigenvalue weighted by molar-refractivity contribution is 0.376. The van der Waals surface area contributed by atoms with Gasteiger partial charge in [-0.05, 0) is 78.1 Å². The van der Waals surface area contributed by atoms with Gasteiger partial charge in [-0.3, -0.25) is 0 Å². The van der Waals surface area contributed by atoms with Crippen molar-refractivity contribution in [3.05, 3.63) is 70.2 Å². The summed E-state index contributed by atoms with van der Waals surface area (Å²) in [5.41, 5.74) is 3.68. The molecule has 1 atom stereocenters. The Morgan fingerprint density at radius 1 is 1.10 bits per heavy atom. The van der Waals surface area contributed by atoms with Crippen molar-refractivity contribution >= 4 is 17.5 Å². The highest BCUT2D eigenvalue weighted by atomic mass is 35.5. The highest BCUT2D eigenvalue weighted by Gasteiger charge is 2.24. The maximum atomic E-state index is 6.28. The van der Waals surface area contributed by atoms with E-state index in [0.29, 0.717) is 12.5 Å². The van der Waals surface area contributed by atoms with Crippen LogP contribution in [0.2, 0.25) is 5.02 Å². The second-order valence-electron chi connectivity index (χ2n) is 7.99. The Kier molecular flexibility index (Phi) is 6.45. The standard InChI is InChI=1S/C23H28ClN5/c1-18-21(13-6-14-22(18)24)17-29-23(25-26-27-29)28-15-7-12-20(16-28)11-5-10-19-8-3-2-4-9-19/h2-4,6,8-9,13-14,20H,5,7,10-12,15-17H2,1H3. The highest BCUT2D eigenvalue weighted by molar-refractivity contribution is 6.31. The largest absolute Gasteiger partial charge is 0.339 e. The third kappa shape index (κ3) is 4.96. The number of piperidine rings is 1. The van der Waals surface area contributed by atoms with Gasteiger partial charge in [0.1, 0.15) is 0 Å². The highest BCUT2D eigenvalue weighted by Crippen LogP contribution is 2.26. The fraction of sp³-hybridized carbons (Fsp3) is 0.435. The van der Waals surface area contributed by atoms with Crippen molar-refractivity contribution in [2.75, 3.05) is 18.0 Å². The zero-order valence-electron chi connectivity index (χ0n) is 17.0. The molecule has 1 saturated heterocycles. The van der Waals surface area contributed by atoms with Crippen LogP contribution in [0.4, 0.5) is 5.95 Å². The molecule has 29 heavy (non-hydrogen) atoms. The number of hydrogen-bond donors (Lipinski definition) is 0. The minimum Gasteiger partial charge on any atom is -0.339 e. The van der Waals surface area contributed by atoms with E-state index in [1.54, 1.807) is 0 Å². The number of aryl methyl sites for hydroxylation is 1. The molecule has 1 fully saturated rings. The number of halogens is 1. The molecule has 1 aliphatic heterocycles. The van der Waals surface area contributed by atoms with Crippen molar-refractivity contribution in [3.8, 4) is 0 Å². The first-order valence-electron chi connectivity index (χ1n) is 10.5. The SMILES string of the molecule is Cc1c(Cl)cccc1Cn1nnnc1N1CCCC(CCCc2ccccc2)C1. The van der Waals surface area contributed by atoms with Crippen LogP contribution in [-0.4, -0.2) is 33.3 Å². The van der Waals surface area contributed by atoms with Crippen LogP contribution in [0.25, 0.3) is 0 Å². The molecule has 0 bridgehead atoms. The summed E-state index contributed by atoms with van der Waals surface area (Å²) < 4.78 is 1.91. The average Bonchev–Trinajstić information content (AvgIpc) is 3.21. The lowest BCUT2D eigenvalue weighted by Gasteiger charge is -2.33. The molecule has 0 saturated carbocycles. The first kappa shape index (κ1) is 19.9. The van der Waals surface area contributed by atoms with E-state index in [1.807, 2.05) is 23.7 Å². The van der Waals surface area contributed by atoms with Crippen LogP contribution in [0.15, 0.2) is 48.5 Å². The van der Waals surface area contributed by atoms with E-state index in [2.05, 4.69) is 56.8 Å². The molecule has 4 rings (SSSR count). The fourth-order valence-electron chi connectivity index (χ4n) is 4.24. The summed E-state index contributed by atoms with van der Waals surface area (Å²) in [5.74, 6) is 1.57. The Morgan fingerprint density at radius 2 is 1.97 bits per heavy atom. The van der Waals surface area contributed by atoms with Crippen molar-refractivity contribution < 1.29 is 0 Å². The summed E-state index contributed by atoms with van der Waals surface area (Å²) in [6.07, 6.45) is 6.12. The monoisotopic (exact) mass is 409 g/mol. The van der Waals surface area contributed by atoms with Gasteiger partial charge in [-0.25, -0.2) is 4.68 Å². The lowest BCUT2D eigenvalue weighted by atomic mass is 9.92. The van der Waals surface area contributed by atoms with Crippen LogP contribution >= 0.6 is 11.6 Å². The van der Waals surface area contributed by atoms with Gasteiger partial charge in [0.15, 0.2) is 0 Å². The van der Waals surface area contributed by atoms with Gasteiger partial charge in [0, 0.05) is 18.1 Å². The molecule has 0 spiro atoms. The van der Waals surface area contributed by atoms with Gasteiger partial charge in [-0.15, -0.1) is 0 Å². The smallest absolute Gasteiger partial charge is 0.245 e. The molecule has 1 aromatic heterocycles. The van der Waals surface area contributed by atoms with Gasteiger partial charge < -0.3 is 4.90 Å². The van der Waals surface area contributed by atoms with Crippen LogP contribution in [0.5, 0.6) is 0 Å². The molecule has 1 unspecified atom stereocenters. The minimum atomic E-state index is 0.643. The van der Waals surface area contributed by atoms with E-state index < -0.39 is 0 Å². The van der Waals surface area contributed by atoms with E-state index >= 15 is 0 Å². The molecule has 2 aromatic carbocycles. The van der Waals surface area contributed by atoms with Crippen molar-refractivity contribution in [2.45, 2.75) is 45.6 Å². The Morgan fingerprint density at radius 3 is 2.83 bits per heavy atom. The molecule has 2 heterocycles. The van der Waals surface area contributed by atoms with E-state index in [9.17, 15) is 0 Å². The van der Waals surface area contributed by atoms with Gasteiger partial charge in [0.2, 0.25) is 5.95 Å². The predicted molar refractivity (Wildman–Crippen MR) is 117 cm³/mol. The summed E-state index contributed by atoms with van der Waals surface area (Å²) in [4.78, 5) is 2.36.